The molecule has 0 amide bonds. The second-order valence-electron chi connectivity index (χ2n) is 15.2. The molecule has 2 aliphatic carbocycles. The Morgan fingerprint density at radius 1 is 0.745 bits per heavy atom. The maximum Gasteiger partial charge on any atom is 0.421 e. The lowest BCUT2D eigenvalue weighted by atomic mass is 10.0. The van der Waals surface area contributed by atoms with Gasteiger partial charge >= 0.3 is 12.4 Å². The third-order valence-corrected chi connectivity index (χ3v) is 13.8. The van der Waals surface area contributed by atoms with Crippen molar-refractivity contribution in [2.24, 2.45) is 11.8 Å². The Hall–Kier alpha value is -4.16. The number of fused-ring (bicyclic) bond motifs is 1. The molecule has 6 rings (SSSR count). The van der Waals surface area contributed by atoms with Crippen LogP contribution < -0.4 is 31.9 Å². The van der Waals surface area contributed by atoms with Crippen LogP contribution in [0.4, 0.5) is 61.2 Å². The highest BCUT2D eigenvalue weighted by atomic mass is 31.2. The fourth-order valence-electron chi connectivity index (χ4n) is 7.38. The molecule has 0 saturated heterocycles. The van der Waals surface area contributed by atoms with Gasteiger partial charge in [0.1, 0.15) is 37.0 Å². The van der Waals surface area contributed by atoms with Gasteiger partial charge in [0.15, 0.2) is 0 Å². The maximum atomic E-state index is 15.0. The number of halogens is 6. The van der Waals surface area contributed by atoms with E-state index in [2.05, 4.69) is 41.2 Å². The second-order valence-corrected chi connectivity index (χ2v) is 21.4. The van der Waals surface area contributed by atoms with Gasteiger partial charge in [-0.1, -0.05) is 19.3 Å². The van der Waals surface area contributed by atoms with Gasteiger partial charge < -0.3 is 30.4 Å². The molecule has 55 heavy (non-hydrogen) atoms. The van der Waals surface area contributed by atoms with Crippen LogP contribution in [0.1, 0.15) is 62.8 Å². The largest absolute Gasteiger partial charge is 0.421 e. The lowest BCUT2D eigenvalue weighted by molar-refractivity contribution is -0.138. The Morgan fingerprint density at radius 3 is 1.82 bits per heavy atom. The van der Waals surface area contributed by atoms with Crippen LogP contribution in [0.3, 0.4) is 0 Å². The van der Waals surface area contributed by atoms with Crippen molar-refractivity contribution in [2.45, 2.75) is 76.5 Å². The van der Waals surface area contributed by atoms with Gasteiger partial charge in [-0.25, -0.2) is 9.97 Å². The number of hydrogen-bond donors (Lipinski definition) is 4. The lowest BCUT2D eigenvalue weighted by Gasteiger charge is -2.23. The molecule has 4 N–H and O–H groups in total. The number of hydrogen-bond acceptors (Lipinski definition) is 10. The van der Waals surface area contributed by atoms with Crippen molar-refractivity contribution in [3.05, 3.63) is 71.5 Å². The molecular weight excluding hydrogens is 764 g/mol. The summed E-state index contributed by atoms with van der Waals surface area (Å²) in [7, 11) is -6.13. The molecule has 2 aromatic carbocycles. The summed E-state index contributed by atoms with van der Waals surface area (Å²) >= 11 is 0. The number of nitrogens with zero attached hydrogens (tertiary/aromatic N) is 4. The zero-order chi connectivity index (χ0) is 39.9. The van der Waals surface area contributed by atoms with Gasteiger partial charge in [-0.15, -0.1) is 0 Å². The summed E-state index contributed by atoms with van der Waals surface area (Å²) in [6.45, 7) is 7.99. The summed E-state index contributed by atoms with van der Waals surface area (Å²) in [4.78, 5) is 16.4. The summed E-state index contributed by atoms with van der Waals surface area (Å²) in [5, 5.41) is 12.5. The van der Waals surface area contributed by atoms with Crippen LogP contribution in [0.2, 0.25) is 0 Å². The first-order chi connectivity index (χ1) is 25.7. The van der Waals surface area contributed by atoms with E-state index >= 15 is 13.2 Å². The molecule has 2 heterocycles. The molecule has 296 valence electrons. The molecule has 0 radical (unpaired) electrons. The van der Waals surface area contributed by atoms with Crippen LogP contribution in [0.25, 0.3) is 0 Å². The van der Waals surface area contributed by atoms with Gasteiger partial charge in [-0.3, -0.25) is 0 Å². The summed E-state index contributed by atoms with van der Waals surface area (Å²) in [6.07, 6.45) is -4.74. The molecule has 2 aliphatic rings. The van der Waals surface area contributed by atoms with Gasteiger partial charge in [0.25, 0.3) is 0 Å². The topological polar surface area (TPSA) is 134 Å². The average molecular weight is 809 g/mol. The molecule has 3 atom stereocenters. The van der Waals surface area contributed by atoms with Crippen LogP contribution in [0.15, 0.2) is 54.7 Å². The van der Waals surface area contributed by atoms with E-state index in [-0.39, 0.29) is 35.1 Å². The third kappa shape index (κ3) is 9.81. The van der Waals surface area contributed by atoms with E-state index in [4.69, 9.17) is 0 Å². The zero-order valence-electron chi connectivity index (χ0n) is 31.0. The first-order valence-corrected chi connectivity index (χ1v) is 22.9. The average Bonchev–Trinajstić information content (AvgIpc) is 3.65. The molecule has 0 aliphatic heterocycles. The minimum atomic E-state index is -4.88. The van der Waals surface area contributed by atoms with Crippen molar-refractivity contribution < 1.29 is 35.5 Å². The Kier molecular flexibility index (Phi) is 11.3. The molecule has 2 fully saturated rings. The number of rotatable bonds is 12. The Labute approximate surface area is 315 Å². The van der Waals surface area contributed by atoms with Crippen molar-refractivity contribution >= 4 is 59.8 Å². The second kappa shape index (κ2) is 15.4. The molecule has 3 unspecified atom stereocenters. The Balaban J connectivity index is 1.30. The molecule has 2 saturated carbocycles. The predicted octanol–water partition coefficient (Wildman–Crippen LogP) is 9.67. The van der Waals surface area contributed by atoms with Crippen LogP contribution in [0, 0.1) is 11.8 Å². The van der Waals surface area contributed by atoms with E-state index in [1.807, 2.05) is 0 Å². The number of anilines is 6. The normalized spacial score (nSPS) is 19.9. The van der Waals surface area contributed by atoms with Crippen LogP contribution in [0.5, 0.6) is 0 Å². The maximum absolute atomic E-state index is 15.0. The third-order valence-electron chi connectivity index (χ3n) is 9.99. The lowest BCUT2D eigenvalue weighted by Crippen LogP contribution is -2.24. The highest BCUT2D eigenvalue weighted by molar-refractivity contribution is 7.70. The Morgan fingerprint density at radius 2 is 1.29 bits per heavy atom. The minimum absolute atomic E-state index is 0.116. The number of benzene rings is 2. The summed E-state index contributed by atoms with van der Waals surface area (Å²) in [5.74, 6) is -0.113. The molecular formula is C37H44F6N8O2P2. The molecule has 10 nitrogen and oxygen atoms in total. The number of aromatic nitrogens is 4. The predicted molar refractivity (Wildman–Crippen MR) is 206 cm³/mol. The molecule has 0 spiro atoms. The minimum Gasteiger partial charge on any atom is -0.367 e. The van der Waals surface area contributed by atoms with Crippen molar-refractivity contribution in [2.75, 3.05) is 41.3 Å². The first kappa shape index (κ1) is 40.5. The first-order valence-electron chi connectivity index (χ1n) is 18.0. The van der Waals surface area contributed by atoms with Crippen molar-refractivity contribution in [1.82, 2.24) is 19.9 Å². The van der Waals surface area contributed by atoms with E-state index in [1.165, 1.54) is 30.9 Å². The van der Waals surface area contributed by atoms with Gasteiger partial charge in [-0.05, 0) is 107 Å². The standard InChI is InChI=1S/C37H44F6N8O2P2/c1-21(2)45-32-29(36(38,39)40)19-44-34(50-32)47-24-11-15-28(16-12-24)55(5,53)20-30-31(37(41,42)43)33(46-26-17-22-7-6-8-23(22)18-26)51-35(49-30)48-25-9-13-27(14-10-25)54(3,4)52/h9-16,19,21-23,26H,6-8,17-18,20H2,1-5H3,(H2,44,45,47,50)(H2,46,48,49,51). The SMILES string of the molecule is CC(C)Nc1nc(Nc2ccc(P(C)(=O)Cc3nc(Nc4ccc(P(C)(C)=O)cc4)nc(NC4CC5CCCC5C4)c3C(F)(F)F)cc2)ncc1C(F)(F)F. The Bertz CT molecular complexity index is 2100. The monoisotopic (exact) mass is 808 g/mol. The van der Waals surface area contributed by atoms with Crippen LogP contribution in [-0.4, -0.2) is 52.0 Å². The van der Waals surface area contributed by atoms with Gasteiger partial charge in [0.05, 0.1) is 5.69 Å². The van der Waals surface area contributed by atoms with E-state index in [1.54, 1.807) is 51.4 Å². The van der Waals surface area contributed by atoms with Crippen molar-refractivity contribution in [3.63, 3.8) is 0 Å². The quantitative estimate of drug-likeness (QED) is 0.0810. The summed E-state index contributed by atoms with van der Waals surface area (Å²) in [5.41, 5.74) is -1.72. The fraction of sp³-hybridized carbons (Fsp3) is 0.459. The van der Waals surface area contributed by atoms with Crippen molar-refractivity contribution in [1.29, 1.82) is 0 Å². The highest BCUT2D eigenvalue weighted by Crippen LogP contribution is 2.49. The van der Waals surface area contributed by atoms with Gasteiger partial charge in [0, 0.05) is 46.4 Å². The summed E-state index contributed by atoms with van der Waals surface area (Å²) in [6, 6.07) is 12.0. The number of alkyl halides is 6. The van der Waals surface area contributed by atoms with Crippen molar-refractivity contribution in [3.8, 4) is 0 Å². The van der Waals surface area contributed by atoms with Crippen LogP contribution in [-0.2, 0) is 27.6 Å². The zero-order valence-corrected chi connectivity index (χ0v) is 32.8. The van der Waals surface area contributed by atoms with Gasteiger partial charge in [0.2, 0.25) is 11.9 Å². The summed E-state index contributed by atoms with van der Waals surface area (Å²) < 4.78 is 113. The van der Waals surface area contributed by atoms with Crippen LogP contribution >= 0.6 is 14.3 Å². The molecule has 0 bridgehead atoms. The fourth-order valence-corrected chi connectivity index (χ4v) is 10.0. The van der Waals surface area contributed by atoms with E-state index in [0.717, 1.165) is 32.1 Å². The number of nitrogens with one attached hydrogen (secondary N) is 4. The molecule has 18 heteroatoms. The van der Waals surface area contributed by atoms with E-state index < -0.39 is 55.4 Å². The van der Waals surface area contributed by atoms with Gasteiger partial charge in [-0.2, -0.15) is 36.3 Å². The van der Waals surface area contributed by atoms with E-state index in [0.29, 0.717) is 34.7 Å². The highest BCUT2D eigenvalue weighted by Gasteiger charge is 2.43. The smallest absolute Gasteiger partial charge is 0.367 e. The molecule has 2 aromatic heterocycles. The molecule has 4 aromatic rings. The van der Waals surface area contributed by atoms with E-state index in [9.17, 15) is 22.3 Å².